The van der Waals surface area contributed by atoms with Crippen molar-refractivity contribution in [2.45, 2.75) is 93.2 Å². The van der Waals surface area contributed by atoms with Crippen LogP contribution in [0.4, 0.5) is 29.5 Å². The van der Waals surface area contributed by atoms with Gasteiger partial charge in [-0.15, -0.1) is 6.42 Å². The summed E-state index contributed by atoms with van der Waals surface area (Å²) in [6.07, 6.45) is -1.73. The molecule has 366 valence electrons. The summed E-state index contributed by atoms with van der Waals surface area (Å²) in [5.74, 6) is -1.51. The maximum absolute atomic E-state index is 17.2. The maximum atomic E-state index is 17.2. The number of anilines is 1. The summed E-state index contributed by atoms with van der Waals surface area (Å²) in [6, 6.07) is 7.57. The summed E-state index contributed by atoms with van der Waals surface area (Å²) in [7, 11) is 0. The van der Waals surface area contributed by atoms with Gasteiger partial charge >= 0.3 is 23.8 Å². The van der Waals surface area contributed by atoms with E-state index in [-0.39, 0.29) is 88.9 Å². The molecule has 3 aromatic carbocycles. The normalized spacial score (nSPS) is 27.4. The van der Waals surface area contributed by atoms with E-state index in [9.17, 15) is 49.6 Å². The first kappa shape index (κ1) is 46.6. The molecule has 70 heavy (non-hydrogen) atoms. The average Bonchev–Trinajstić information content (AvgIpc) is 3.96. The Bertz CT molecular complexity index is 2990. The number of hydrogen-bond acceptors (Lipinski definition) is 17. The van der Waals surface area contributed by atoms with Gasteiger partial charge in [0.05, 0.1) is 33.5 Å². The van der Waals surface area contributed by atoms with Crippen LogP contribution in [0, 0.1) is 34.1 Å². The Labute approximate surface area is 394 Å². The third kappa shape index (κ3) is 8.13. The number of carboxylic acid groups (broad SMARTS) is 1. The summed E-state index contributed by atoms with van der Waals surface area (Å²) >= 11 is 0. The van der Waals surface area contributed by atoms with E-state index in [0.29, 0.717) is 31.2 Å². The number of aliphatic hydroxyl groups excluding tert-OH is 3. The minimum absolute atomic E-state index is 0.0146. The number of aromatic hydroxyl groups is 1. The molecule has 2 unspecified atom stereocenters. The SMILES string of the molecule is C#Cc1c(F)ccc2cc(O)cc(-c3ncc4c(N5CC6CCC(C5)N6C(=O)OCc5ccc(O[C@@H]6O[C@H](C(=O)O)[C@@H](O)[C@H](O)[C@H]6O)c([N+](=O)[O-])c5)nc(OC[C@@]56CCCN5C[C@H](F)C6)nc4c3F)c12. The number of alkyl halides is 1. The van der Waals surface area contributed by atoms with E-state index in [2.05, 4.69) is 20.8 Å². The minimum Gasteiger partial charge on any atom is -0.508 e. The Hall–Kier alpha value is -7.10. The van der Waals surface area contributed by atoms with E-state index in [1.54, 1.807) is 4.90 Å². The second kappa shape index (κ2) is 18.0. The van der Waals surface area contributed by atoms with Gasteiger partial charge in [0, 0.05) is 49.3 Å². The van der Waals surface area contributed by atoms with E-state index in [0.717, 1.165) is 24.6 Å². The molecule has 10 rings (SSSR count). The van der Waals surface area contributed by atoms with Crippen LogP contribution < -0.4 is 14.4 Å². The molecule has 9 atom stereocenters. The van der Waals surface area contributed by atoms with Crippen LogP contribution in [-0.4, -0.2) is 155 Å². The topological polar surface area (TPSA) is 264 Å². The lowest BCUT2D eigenvalue weighted by Gasteiger charge is -2.41. The number of nitrogens with zero attached hydrogens (tertiary/aromatic N) is 7. The number of piperazine rings is 1. The maximum Gasteiger partial charge on any atom is 0.410 e. The van der Waals surface area contributed by atoms with Crippen molar-refractivity contribution in [2.24, 2.45) is 0 Å². The van der Waals surface area contributed by atoms with Crippen molar-refractivity contribution in [3.05, 3.63) is 81.5 Å². The van der Waals surface area contributed by atoms with Crippen molar-refractivity contribution in [2.75, 3.05) is 37.7 Å². The lowest BCUT2D eigenvalue weighted by molar-refractivity contribution is -0.387. The van der Waals surface area contributed by atoms with Crippen LogP contribution in [0.3, 0.4) is 0 Å². The molecule has 0 saturated carbocycles. The molecule has 0 aliphatic carbocycles. The average molecular weight is 972 g/mol. The van der Waals surface area contributed by atoms with E-state index in [1.165, 1.54) is 30.5 Å². The first-order valence-corrected chi connectivity index (χ1v) is 22.4. The lowest BCUT2D eigenvalue weighted by atomic mass is 9.95. The lowest BCUT2D eigenvalue weighted by Crippen LogP contribution is -2.61. The van der Waals surface area contributed by atoms with Crippen LogP contribution in [-0.2, 0) is 20.9 Å². The predicted molar refractivity (Wildman–Crippen MR) is 237 cm³/mol. The van der Waals surface area contributed by atoms with Gasteiger partial charge in [-0.2, -0.15) is 9.97 Å². The molecule has 2 aromatic heterocycles. The summed E-state index contributed by atoms with van der Waals surface area (Å²) in [4.78, 5) is 55.9. The van der Waals surface area contributed by atoms with Crippen molar-refractivity contribution in [1.29, 1.82) is 0 Å². The number of carbonyl (C=O) groups excluding carboxylic acids is 1. The molecule has 5 N–H and O–H groups in total. The van der Waals surface area contributed by atoms with Crippen LogP contribution in [0.25, 0.3) is 32.9 Å². The Morgan fingerprint density at radius 3 is 2.53 bits per heavy atom. The number of fused-ring (bicyclic) bond motifs is 5. The van der Waals surface area contributed by atoms with Crippen LogP contribution in [0.5, 0.6) is 17.5 Å². The number of carbonyl (C=O) groups is 2. The van der Waals surface area contributed by atoms with Crippen LogP contribution in [0.1, 0.15) is 43.2 Å². The number of terminal acetylenes is 1. The molecule has 0 spiro atoms. The van der Waals surface area contributed by atoms with Crippen LogP contribution >= 0.6 is 0 Å². The molecule has 23 heteroatoms. The molecule has 5 saturated heterocycles. The van der Waals surface area contributed by atoms with Crippen molar-refractivity contribution in [3.8, 4) is 41.1 Å². The number of hydrogen-bond donors (Lipinski definition) is 5. The Morgan fingerprint density at radius 1 is 1.03 bits per heavy atom. The number of halogens is 3. The number of nitro benzene ring substituents is 1. The largest absolute Gasteiger partial charge is 0.508 e. The molecule has 0 radical (unpaired) electrons. The fourth-order valence-electron chi connectivity index (χ4n) is 10.7. The highest BCUT2D eigenvalue weighted by Gasteiger charge is 2.51. The van der Waals surface area contributed by atoms with E-state index in [1.807, 2.05) is 4.90 Å². The van der Waals surface area contributed by atoms with Gasteiger partial charge in [0.2, 0.25) is 6.29 Å². The Kier molecular flexibility index (Phi) is 12.0. The molecule has 5 fully saturated rings. The van der Waals surface area contributed by atoms with Gasteiger partial charge in [-0.25, -0.2) is 22.8 Å². The molecule has 2 bridgehead atoms. The number of nitro groups is 1. The van der Waals surface area contributed by atoms with Gasteiger partial charge < -0.3 is 49.4 Å². The first-order valence-electron chi connectivity index (χ1n) is 22.4. The number of phenolic OH excluding ortho intramolecular Hbond substituents is 1. The van der Waals surface area contributed by atoms with E-state index < -0.39 is 101 Å². The zero-order valence-electron chi connectivity index (χ0n) is 36.9. The number of aliphatic hydroxyl groups is 3. The number of pyridine rings is 1. The van der Waals surface area contributed by atoms with Gasteiger partial charge in [0.25, 0.3) is 0 Å². The quantitative estimate of drug-likeness (QED) is 0.0713. The molecule has 5 aliphatic heterocycles. The molecule has 1 amide bonds. The van der Waals surface area contributed by atoms with Crippen molar-refractivity contribution in [3.63, 3.8) is 0 Å². The van der Waals surface area contributed by atoms with E-state index in [4.69, 9.17) is 30.4 Å². The van der Waals surface area contributed by atoms with Crippen molar-refractivity contribution in [1.82, 2.24) is 24.8 Å². The fraction of sp³-hybridized carbons (Fsp3) is 0.426. The zero-order valence-corrected chi connectivity index (χ0v) is 36.9. The number of aliphatic carboxylic acids is 1. The number of phenols is 1. The van der Waals surface area contributed by atoms with Gasteiger partial charge in [-0.05, 0) is 67.4 Å². The van der Waals surface area contributed by atoms with Gasteiger partial charge in [0.1, 0.15) is 66.3 Å². The molecular formula is C47H44F3N7O13. The fourth-order valence-corrected chi connectivity index (χ4v) is 10.7. The van der Waals surface area contributed by atoms with E-state index >= 15 is 8.78 Å². The molecule has 7 heterocycles. The Morgan fingerprint density at radius 2 is 1.80 bits per heavy atom. The monoisotopic (exact) mass is 971 g/mol. The second-order valence-electron chi connectivity index (χ2n) is 18.2. The smallest absolute Gasteiger partial charge is 0.410 e. The number of benzene rings is 3. The number of rotatable bonds is 11. The zero-order chi connectivity index (χ0) is 49.3. The standard InChI is InChI=1S/C47H44F3N7O13/c1-2-28-31(49)8-5-23-13-27(58)14-29(34(23)28)36-35(50)37-30(16-51-36)42(53-45(52-37)68-21-47-10-3-11-55(47)17-24(48)15-47)54-18-25-6-7-26(19-54)56(25)46(64)67-20-22-4-9-33(32(12-22)57(65)66)69-44-40(61)38(59)39(60)41(70-44)43(62)63/h1,4-5,8-9,12-14,16,24-26,38-41,44,58-61H,3,6-7,10-11,15,17-21H2,(H,62,63)/t24-,25?,26?,38+,39+,40-,41+,44-,47+/m1/s1. The number of aromatic nitrogens is 3. The molecule has 20 nitrogen and oxygen atoms in total. The summed E-state index contributed by atoms with van der Waals surface area (Å²) in [5, 5.41) is 63.3. The highest BCUT2D eigenvalue weighted by atomic mass is 19.1. The van der Waals surface area contributed by atoms with Crippen molar-refractivity contribution < 1.29 is 72.2 Å². The molecule has 5 aromatic rings. The highest BCUT2D eigenvalue weighted by Crippen LogP contribution is 2.43. The molecular weight excluding hydrogens is 928 g/mol. The minimum atomic E-state index is -2.01. The van der Waals surface area contributed by atoms with Crippen molar-refractivity contribution >= 4 is 45.2 Å². The highest BCUT2D eigenvalue weighted by molar-refractivity contribution is 6.03. The third-order valence-corrected chi connectivity index (χ3v) is 14.0. The third-order valence-electron chi connectivity index (χ3n) is 14.0. The summed E-state index contributed by atoms with van der Waals surface area (Å²) in [6.45, 7) is 0.945. The predicted octanol–water partition coefficient (Wildman–Crippen LogP) is 3.93. The van der Waals surface area contributed by atoms with Crippen LogP contribution in [0.2, 0.25) is 0 Å². The van der Waals surface area contributed by atoms with Gasteiger partial charge in [-0.1, -0.05) is 18.1 Å². The number of carboxylic acids is 1. The van der Waals surface area contributed by atoms with Gasteiger partial charge in [0.15, 0.2) is 17.7 Å². The number of amides is 1. The Balaban J connectivity index is 0.912. The molecule has 5 aliphatic rings. The first-order chi connectivity index (χ1) is 33.5. The summed E-state index contributed by atoms with van der Waals surface area (Å²) in [5.41, 5.74) is -1.74. The summed E-state index contributed by atoms with van der Waals surface area (Å²) < 4.78 is 69.5. The van der Waals surface area contributed by atoms with Crippen LogP contribution in [0.15, 0.2) is 48.7 Å². The second-order valence-corrected chi connectivity index (χ2v) is 18.2. The van der Waals surface area contributed by atoms with Gasteiger partial charge in [-0.3, -0.25) is 24.9 Å². The number of ether oxygens (including phenoxy) is 4.